The summed E-state index contributed by atoms with van der Waals surface area (Å²) in [6, 6.07) is 16.8. The van der Waals surface area contributed by atoms with E-state index in [1.54, 1.807) is 0 Å². The van der Waals surface area contributed by atoms with Gasteiger partial charge in [0, 0.05) is 10.2 Å². The molecular weight excluding hydrogens is 334 g/mol. The number of fused-ring (bicyclic) bond motifs is 1. The van der Waals surface area contributed by atoms with Gasteiger partial charge >= 0.3 is 0 Å². The SMILES string of the molecule is CC1(C)CC(/C=C/c2cccc(Br)c2)=Nc2ccccc2C1. The molecule has 2 aromatic rings. The summed E-state index contributed by atoms with van der Waals surface area (Å²) in [6.07, 6.45) is 6.37. The number of hydrogen-bond acceptors (Lipinski definition) is 1. The van der Waals surface area contributed by atoms with Crippen LogP contribution in [0.15, 0.2) is 64.1 Å². The van der Waals surface area contributed by atoms with E-state index in [0.717, 1.165) is 28.7 Å². The Morgan fingerprint density at radius 3 is 2.64 bits per heavy atom. The molecule has 0 radical (unpaired) electrons. The van der Waals surface area contributed by atoms with Crippen molar-refractivity contribution in [1.29, 1.82) is 0 Å². The molecule has 0 aromatic heterocycles. The lowest BCUT2D eigenvalue weighted by Crippen LogP contribution is -2.17. The molecule has 1 heterocycles. The number of aliphatic imine (C=N–C) groups is 1. The molecule has 0 saturated heterocycles. The third kappa shape index (κ3) is 3.75. The molecule has 0 amide bonds. The molecule has 0 N–H and O–H groups in total. The fourth-order valence-corrected chi connectivity index (χ4v) is 3.35. The van der Waals surface area contributed by atoms with E-state index in [-0.39, 0.29) is 5.41 Å². The molecule has 0 fully saturated rings. The van der Waals surface area contributed by atoms with Crippen LogP contribution >= 0.6 is 15.9 Å². The lowest BCUT2D eigenvalue weighted by Gasteiger charge is -2.22. The Morgan fingerprint density at radius 1 is 1.00 bits per heavy atom. The number of benzene rings is 2. The maximum atomic E-state index is 4.89. The summed E-state index contributed by atoms with van der Waals surface area (Å²) in [6.45, 7) is 4.63. The van der Waals surface area contributed by atoms with Crippen molar-refractivity contribution in [2.24, 2.45) is 10.4 Å². The van der Waals surface area contributed by atoms with Crippen molar-refractivity contribution in [2.75, 3.05) is 0 Å². The molecule has 22 heavy (non-hydrogen) atoms. The fourth-order valence-electron chi connectivity index (χ4n) is 2.93. The molecule has 1 nitrogen and oxygen atoms in total. The molecule has 2 aromatic carbocycles. The number of hydrogen-bond donors (Lipinski definition) is 0. The van der Waals surface area contributed by atoms with Gasteiger partial charge in [0.1, 0.15) is 0 Å². The van der Waals surface area contributed by atoms with Crippen molar-refractivity contribution in [3.8, 4) is 0 Å². The van der Waals surface area contributed by atoms with Crippen molar-refractivity contribution >= 4 is 33.4 Å². The average molecular weight is 354 g/mol. The first-order valence-corrected chi connectivity index (χ1v) is 8.40. The molecule has 0 aliphatic carbocycles. The second kappa shape index (κ2) is 6.21. The van der Waals surface area contributed by atoms with Crippen LogP contribution in [0.3, 0.4) is 0 Å². The van der Waals surface area contributed by atoms with E-state index >= 15 is 0 Å². The predicted octanol–water partition coefficient (Wildman–Crippen LogP) is 6.21. The minimum atomic E-state index is 0.229. The molecule has 0 spiro atoms. The number of para-hydroxylation sites is 1. The van der Waals surface area contributed by atoms with Crippen molar-refractivity contribution in [1.82, 2.24) is 0 Å². The Labute approximate surface area is 140 Å². The Balaban J connectivity index is 1.94. The van der Waals surface area contributed by atoms with Crippen LogP contribution in [0.5, 0.6) is 0 Å². The van der Waals surface area contributed by atoms with E-state index in [0.29, 0.717) is 0 Å². The van der Waals surface area contributed by atoms with Gasteiger partial charge in [-0.15, -0.1) is 0 Å². The maximum Gasteiger partial charge on any atom is 0.0665 e. The highest BCUT2D eigenvalue weighted by atomic mass is 79.9. The molecule has 0 unspecified atom stereocenters. The van der Waals surface area contributed by atoms with Crippen LogP contribution in [0.1, 0.15) is 31.4 Å². The van der Waals surface area contributed by atoms with Gasteiger partial charge in [-0.25, -0.2) is 0 Å². The third-order valence-corrected chi connectivity index (χ3v) is 4.39. The molecule has 0 bridgehead atoms. The molecular formula is C20H20BrN. The van der Waals surface area contributed by atoms with Crippen LogP contribution in [-0.2, 0) is 6.42 Å². The average Bonchev–Trinajstić information content (AvgIpc) is 2.59. The minimum absolute atomic E-state index is 0.229. The number of nitrogens with zero attached hydrogens (tertiary/aromatic N) is 1. The highest BCUT2D eigenvalue weighted by Gasteiger charge is 2.24. The Morgan fingerprint density at radius 2 is 1.82 bits per heavy atom. The summed E-state index contributed by atoms with van der Waals surface area (Å²) in [5, 5.41) is 0. The first kappa shape index (κ1) is 15.2. The van der Waals surface area contributed by atoms with Gasteiger partial charge in [-0.1, -0.05) is 66.2 Å². The summed E-state index contributed by atoms with van der Waals surface area (Å²) < 4.78 is 1.10. The second-order valence-corrected chi connectivity index (χ2v) is 7.55. The van der Waals surface area contributed by atoms with E-state index in [9.17, 15) is 0 Å². The molecule has 1 aliphatic rings. The van der Waals surface area contributed by atoms with Crippen molar-refractivity contribution in [3.05, 3.63) is 70.2 Å². The first-order valence-electron chi connectivity index (χ1n) is 7.61. The van der Waals surface area contributed by atoms with E-state index in [4.69, 9.17) is 4.99 Å². The standard InChI is InChI=1S/C20H20BrN/c1-20(2)13-16-7-3-4-9-19(16)22-18(14-20)11-10-15-6-5-8-17(21)12-15/h3-12H,13-14H2,1-2H3/b11-10+. The zero-order chi connectivity index (χ0) is 15.6. The smallest absolute Gasteiger partial charge is 0.0665 e. The Hall–Kier alpha value is -1.67. The molecule has 0 saturated carbocycles. The number of rotatable bonds is 2. The van der Waals surface area contributed by atoms with Crippen LogP contribution in [0.25, 0.3) is 6.08 Å². The molecule has 112 valence electrons. The second-order valence-electron chi connectivity index (χ2n) is 6.64. The Kier molecular flexibility index (Phi) is 4.30. The molecule has 0 atom stereocenters. The van der Waals surface area contributed by atoms with Crippen LogP contribution in [0, 0.1) is 5.41 Å². The molecule has 2 heteroatoms. The van der Waals surface area contributed by atoms with E-state index in [1.807, 2.05) is 6.07 Å². The van der Waals surface area contributed by atoms with Crippen LogP contribution in [-0.4, -0.2) is 5.71 Å². The maximum absolute atomic E-state index is 4.89. The van der Waals surface area contributed by atoms with E-state index < -0.39 is 0 Å². The first-order chi connectivity index (χ1) is 10.5. The highest BCUT2D eigenvalue weighted by molar-refractivity contribution is 9.10. The number of allylic oxidation sites excluding steroid dienone is 1. The van der Waals surface area contributed by atoms with Crippen LogP contribution in [0.4, 0.5) is 5.69 Å². The topological polar surface area (TPSA) is 12.4 Å². The van der Waals surface area contributed by atoms with Crippen LogP contribution in [0.2, 0.25) is 0 Å². The minimum Gasteiger partial charge on any atom is -0.253 e. The van der Waals surface area contributed by atoms with Crippen molar-refractivity contribution in [3.63, 3.8) is 0 Å². The van der Waals surface area contributed by atoms with Gasteiger partial charge in [-0.05, 0) is 53.7 Å². The van der Waals surface area contributed by atoms with Gasteiger partial charge < -0.3 is 0 Å². The van der Waals surface area contributed by atoms with Gasteiger partial charge in [0.05, 0.1) is 5.69 Å². The molecule has 1 aliphatic heterocycles. The van der Waals surface area contributed by atoms with Gasteiger partial charge in [0.2, 0.25) is 0 Å². The van der Waals surface area contributed by atoms with Gasteiger partial charge in [0.25, 0.3) is 0 Å². The van der Waals surface area contributed by atoms with Gasteiger partial charge in [0.15, 0.2) is 0 Å². The summed E-state index contributed by atoms with van der Waals surface area (Å²) >= 11 is 3.52. The highest BCUT2D eigenvalue weighted by Crippen LogP contribution is 2.35. The Bertz CT molecular complexity index is 741. The zero-order valence-corrected chi connectivity index (χ0v) is 14.6. The van der Waals surface area contributed by atoms with Gasteiger partial charge in [-0.3, -0.25) is 4.99 Å². The summed E-state index contributed by atoms with van der Waals surface area (Å²) in [4.78, 5) is 4.89. The normalized spacial score (nSPS) is 17.0. The zero-order valence-electron chi connectivity index (χ0n) is 13.0. The summed E-state index contributed by atoms with van der Waals surface area (Å²) in [7, 11) is 0. The van der Waals surface area contributed by atoms with E-state index in [1.165, 1.54) is 11.1 Å². The lowest BCUT2D eigenvalue weighted by atomic mass is 9.81. The van der Waals surface area contributed by atoms with Crippen molar-refractivity contribution in [2.45, 2.75) is 26.7 Å². The summed E-state index contributed by atoms with van der Waals surface area (Å²) in [5.41, 5.74) is 5.02. The number of halogens is 1. The lowest BCUT2D eigenvalue weighted by molar-refractivity contribution is 0.384. The third-order valence-electron chi connectivity index (χ3n) is 3.90. The predicted molar refractivity (Wildman–Crippen MR) is 98.8 cm³/mol. The quantitative estimate of drug-likeness (QED) is 0.608. The fraction of sp³-hybridized carbons (Fsp3) is 0.250. The largest absolute Gasteiger partial charge is 0.253 e. The summed E-state index contributed by atoms with van der Waals surface area (Å²) in [5.74, 6) is 0. The monoisotopic (exact) mass is 353 g/mol. The van der Waals surface area contributed by atoms with Gasteiger partial charge in [-0.2, -0.15) is 0 Å². The molecule has 3 rings (SSSR count). The van der Waals surface area contributed by atoms with Crippen molar-refractivity contribution < 1.29 is 0 Å². The van der Waals surface area contributed by atoms with Crippen LogP contribution < -0.4 is 0 Å². The van der Waals surface area contributed by atoms with E-state index in [2.05, 4.69) is 84.4 Å².